The molecule has 0 spiro atoms. The van der Waals surface area contributed by atoms with Gasteiger partial charge in [0.05, 0.1) is 36.4 Å². The van der Waals surface area contributed by atoms with E-state index in [9.17, 15) is 21.0 Å². The van der Waals surface area contributed by atoms with E-state index < -0.39 is 22.9 Å². The third-order valence-corrected chi connectivity index (χ3v) is 6.03. The Labute approximate surface area is 180 Å². The molecule has 2 aromatic carbocycles. The summed E-state index contributed by atoms with van der Waals surface area (Å²) in [6, 6.07) is 21.7. The summed E-state index contributed by atoms with van der Waals surface area (Å²) in [6.07, 6.45) is -0.179. The molecule has 1 aliphatic rings. The Morgan fingerprint density at radius 3 is 1.46 bits per heavy atom. The highest BCUT2D eigenvalue weighted by Gasteiger charge is 2.58. The lowest BCUT2D eigenvalue weighted by Crippen LogP contribution is -2.52. The Hall–Kier alpha value is -2.68. The zero-order chi connectivity index (χ0) is 20.4. The summed E-state index contributed by atoms with van der Waals surface area (Å²) in [6.45, 7) is 0. The summed E-state index contributed by atoms with van der Waals surface area (Å²) in [5, 5.41) is 43.0. The van der Waals surface area contributed by atoms with E-state index in [0.717, 1.165) is 20.1 Å². The maximum atomic E-state index is 9.92. The van der Waals surface area contributed by atoms with Gasteiger partial charge in [-0.3, -0.25) is 5.32 Å². The van der Waals surface area contributed by atoms with Crippen LogP contribution in [-0.2, 0) is 0 Å². The first-order valence-corrected chi connectivity index (χ1v) is 9.94. The van der Waals surface area contributed by atoms with Gasteiger partial charge in [0.15, 0.2) is 10.8 Å². The smallest absolute Gasteiger partial charge is 0.165 e. The van der Waals surface area contributed by atoms with Crippen LogP contribution in [0.5, 0.6) is 0 Å². The van der Waals surface area contributed by atoms with Crippen LogP contribution < -0.4 is 5.32 Å². The molecule has 0 aliphatic carbocycles. The number of hydrogen-bond donors (Lipinski definition) is 1. The molecule has 1 aliphatic heterocycles. The summed E-state index contributed by atoms with van der Waals surface area (Å²) in [4.78, 5) is 0. The second-order valence-corrected chi connectivity index (χ2v) is 8.54. The standard InChI is InChI=1S/C21H13Br2N5/c22-16-5-1-3-14(7-16)18-20(10-24,11-25)9-21(12-26,13-27)19(28-18)15-4-2-6-17(23)8-15/h1-8,18-19,28H,9H2. The number of rotatable bonds is 2. The van der Waals surface area contributed by atoms with Crippen molar-refractivity contribution in [1.82, 2.24) is 5.32 Å². The lowest BCUT2D eigenvalue weighted by atomic mass is 9.60. The van der Waals surface area contributed by atoms with Crippen LogP contribution in [-0.4, -0.2) is 0 Å². The molecule has 2 aromatic rings. The average molecular weight is 495 g/mol. The fraction of sp³-hybridized carbons (Fsp3) is 0.238. The predicted octanol–water partition coefficient (Wildman–Crippen LogP) is 5.05. The van der Waals surface area contributed by atoms with E-state index in [1.807, 2.05) is 48.5 Å². The molecule has 1 heterocycles. The van der Waals surface area contributed by atoms with Crippen molar-refractivity contribution in [2.45, 2.75) is 18.5 Å². The molecule has 0 bridgehead atoms. The van der Waals surface area contributed by atoms with Gasteiger partial charge in [0.2, 0.25) is 0 Å². The van der Waals surface area contributed by atoms with Crippen LogP contribution >= 0.6 is 31.9 Å². The highest BCUT2D eigenvalue weighted by Crippen LogP contribution is 2.53. The fourth-order valence-corrected chi connectivity index (χ4v) is 4.53. The van der Waals surface area contributed by atoms with E-state index in [1.54, 1.807) is 0 Å². The van der Waals surface area contributed by atoms with E-state index in [2.05, 4.69) is 61.5 Å². The molecule has 28 heavy (non-hydrogen) atoms. The normalized spacial score (nSPS) is 22.1. The van der Waals surface area contributed by atoms with Crippen LogP contribution in [0.3, 0.4) is 0 Å². The van der Waals surface area contributed by atoms with Crippen molar-refractivity contribution in [2.24, 2.45) is 10.8 Å². The second-order valence-electron chi connectivity index (χ2n) is 6.71. The predicted molar refractivity (Wildman–Crippen MR) is 109 cm³/mol. The number of nitriles is 4. The number of halogens is 2. The van der Waals surface area contributed by atoms with Gasteiger partial charge < -0.3 is 0 Å². The molecule has 0 saturated carbocycles. The van der Waals surface area contributed by atoms with Crippen molar-refractivity contribution >= 4 is 31.9 Å². The molecular weight excluding hydrogens is 482 g/mol. The maximum Gasteiger partial charge on any atom is 0.165 e. The minimum Gasteiger partial charge on any atom is -0.298 e. The highest BCUT2D eigenvalue weighted by molar-refractivity contribution is 9.10. The quantitative estimate of drug-likeness (QED) is 0.628. The Morgan fingerprint density at radius 1 is 0.750 bits per heavy atom. The molecule has 0 amide bonds. The number of hydrogen-bond acceptors (Lipinski definition) is 5. The molecule has 7 heteroatoms. The Kier molecular flexibility index (Phi) is 5.55. The lowest BCUT2D eigenvalue weighted by Gasteiger charge is -2.45. The molecule has 3 rings (SSSR count). The van der Waals surface area contributed by atoms with E-state index >= 15 is 0 Å². The largest absolute Gasteiger partial charge is 0.298 e. The minimum atomic E-state index is -1.56. The first-order valence-electron chi connectivity index (χ1n) is 8.35. The first-order chi connectivity index (χ1) is 13.4. The summed E-state index contributed by atoms with van der Waals surface area (Å²) in [5.74, 6) is 0. The molecule has 1 N–H and O–H groups in total. The average Bonchev–Trinajstić information content (AvgIpc) is 2.72. The van der Waals surface area contributed by atoms with Gasteiger partial charge in [0, 0.05) is 15.4 Å². The van der Waals surface area contributed by atoms with Crippen molar-refractivity contribution in [3.8, 4) is 24.3 Å². The Morgan fingerprint density at radius 2 is 1.14 bits per heavy atom. The van der Waals surface area contributed by atoms with Crippen LogP contribution in [0.4, 0.5) is 0 Å². The van der Waals surface area contributed by atoms with Crippen molar-refractivity contribution in [3.05, 3.63) is 68.6 Å². The zero-order valence-electron chi connectivity index (χ0n) is 14.5. The Balaban J connectivity index is 2.22. The molecule has 5 nitrogen and oxygen atoms in total. The number of piperidine rings is 1. The van der Waals surface area contributed by atoms with E-state index in [-0.39, 0.29) is 6.42 Å². The molecule has 1 fully saturated rings. The molecule has 0 aromatic heterocycles. The molecule has 136 valence electrons. The molecule has 2 unspecified atom stereocenters. The van der Waals surface area contributed by atoms with Crippen LogP contribution in [0.1, 0.15) is 29.6 Å². The Bertz CT molecular complexity index is 970. The van der Waals surface area contributed by atoms with Crippen LogP contribution in [0, 0.1) is 56.2 Å². The number of nitrogens with zero attached hydrogens (tertiary/aromatic N) is 4. The SMILES string of the molecule is N#CC1(C#N)CC(C#N)(C#N)C(c2cccc(Br)c2)NC1c1cccc(Br)c1. The summed E-state index contributed by atoms with van der Waals surface area (Å²) >= 11 is 6.85. The molecular formula is C21H13Br2N5. The zero-order valence-corrected chi connectivity index (χ0v) is 17.7. The van der Waals surface area contributed by atoms with Crippen molar-refractivity contribution in [2.75, 3.05) is 0 Å². The van der Waals surface area contributed by atoms with Crippen LogP contribution in [0.25, 0.3) is 0 Å². The fourth-order valence-electron chi connectivity index (χ4n) is 3.70. The van der Waals surface area contributed by atoms with Gasteiger partial charge in [0.25, 0.3) is 0 Å². The van der Waals surface area contributed by atoms with Crippen molar-refractivity contribution in [3.63, 3.8) is 0 Å². The maximum absolute atomic E-state index is 9.92. The van der Waals surface area contributed by atoms with Gasteiger partial charge in [-0.25, -0.2) is 0 Å². The van der Waals surface area contributed by atoms with Crippen molar-refractivity contribution in [1.29, 1.82) is 21.0 Å². The van der Waals surface area contributed by atoms with Crippen LogP contribution in [0.15, 0.2) is 57.5 Å². The van der Waals surface area contributed by atoms with E-state index in [4.69, 9.17) is 0 Å². The summed E-state index contributed by atoms with van der Waals surface area (Å²) in [5.41, 5.74) is -1.65. The monoisotopic (exact) mass is 493 g/mol. The number of benzene rings is 2. The van der Waals surface area contributed by atoms with Gasteiger partial charge >= 0.3 is 0 Å². The van der Waals surface area contributed by atoms with Gasteiger partial charge in [0.1, 0.15) is 0 Å². The second kappa shape index (κ2) is 7.75. The van der Waals surface area contributed by atoms with Gasteiger partial charge in [-0.1, -0.05) is 56.1 Å². The summed E-state index contributed by atoms with van der Waals surface area (Å²) < 4.78 is 1.63. The van der Waals surface area contributed by atoms with Crippen molar-refractivity contribution < 1.29 is 0 Å². The van der Waals surface area contributed by atoms with Crippen LogP contribution in [0.2, 0.25) is 0 Å². The summed E-state index contributed by atoms with van der Waals surface area (Å²) in [7, 11) is 0. The van der Waals surface area contributed by atoms with Gasteiger partial charge in [-0.15, -0.1) is 0 Å². The minimum absolute atomic E-state index is 0.179. The lowest BCUT2D eigenvalue weighted by molar-refractivity contribution is 0.136. The van der Waals surface area contributed by atoms with Gasteiger partial charge in [-0.2, -0.15) is 21.0 Å². The van der Waals surface area contributed by atoms with Gasteiger partial charge in [-0.05, 0) is 35.4 Å². The topological polar surface area (TPSA) is 107 Å². The highest BCUT2D eigenvalue weighted by atomic mass is 79.9. The third-order valence-electron chi connectivity index (χ3n) is 5.04. The van der Waals surface area contributed by atoms with E-state index in [1.165, 1.54) is 0 Å². The molecule has 1 saturated heterocycles. The van der Waals surface area contributed by atoms with E-state index in [0.29, 0.717) is 0 Å². The molecule has 0 radical (unpaired) electrons. The number of nitrogens with one attached hydrogen (secondary N) is 1. The first kappa shape index (κ1) is 20.1. The third kappa shape index (κ3) is 3.30. The molecule has 2 atom stereocenters.